The van der Waals surface area contributed by atoms with E-state index in [-0.39, 0.29) is 31.6 Å². The number of carboxylic acid groups (broad SMARTS) is 2. The lowest BCUT2D eigenvalue weighted by Gasteiger charge is -2.32. The Morgan fingerprint density at radius 3 is 1.79 bits per heavy atom. The highest BCUT2D eigenvalue weighted by Crippen LogP contribution is 2.22. The van der Waals surface area contributed by atoms with Crippen LogP contribution in [0.4, 0.5) is 0 Å². The molecule has 1 aromatic carbocycles. The molecule has 0 unspecified atom stereocenters. The van der Waals surface area contributed by atoms with Crippen molar-refractivity contribution in [1.82, 2.24) is 36.8 Å². The number of rotatable bonds is 28. The topological polar surface area (TPSA) is 422 Å². The molecule has 16 N–H and O–H groups in total. The van der Waals surface area contributed by atoms with Crippen molar-refractivity contribution >= 4 is 65.1 Å². The smallest absolute Gasteiger partial charge is 0.326 e. The van der Waals surface area contributed by atoms with E-state index in [1.54, 1.807) is 27.7 Å². The van der Waals surface area contributed by atoms with Crippen LogP contribution in [0.5, 0.6) is 5.75 Å². The number of phenolic OH excluding ortho intramolecular Hbond substituents is 1. The number of benzene rings is 1. The lowest BCUT2D eigenvalue weighted by atomic mass is 9.95. The number of hydrogen-bond acceptors (Lipinski definition) is 14. The molecule has 0 spiro atoms. The predicted molar refractivity (Wildman–Crippen MR) is 234 cm³/mol. The van der Waals surface area contributed by atoms with E-state index >= 15 is 0 Å². The van der Waals surface area contributed by atoms with Gasteiger partial charge in [0.05, 0.1) is 13.0 Å². The Labute approximate surface area is 386 Å². The number of nitrogens with one attached hydrogen (secondary N) is 6. The zero-order valence-corrected chi connectivity index (χ0v) is 37.8. The number of phenols is 1. The number of nitrogens with zero attached hydrogens (tertiary/aromatic N) is 1. The van der Waals surface area contributed by atoms with Crippen LogP contribution in [0.3, 0.4) is 0 Å². The van der Waals surface area contributed by atoms with E-state index in [1.807, 2.05) is 0 Å². The molecule has 2 rings (SSSR count). The second kappa shape index (κ2) is 26.9. The van der Waals surface area contributed by atoms with E-state index in [1.165, 1.54) is 29.2 Å². The standard InChI is InChI=1S/C42H64N10O15/c1-5-21(4)34(40(64)50-33(20(2)3)39(63)47-26(42(66)67)13-15-32(57)58)51-38(62)29-7-6-16-52(29)41(65)28(17-22-8-10-23(54)11-9-22)49-37(61)27(18-31(45)56)48-36(60)25(12-14-30(44)55)46-35(59)24(43)19-53/h8-11,20-21,24-29,33-34,53-54H,5-7,12-19,43H2,1-4H3,(H2,44,55)(H2,45,56)(H,46,59)(H,47,63)(H,48,60)(H,49,61)(H,50,64)(H,51,62)(H,57,58)(H,66,67)/t21-,24-,25-,26-,27-,28-,29-,33-,34-/m0/s1. The van der Waals surface area contributed by atoms with Gasteiger partial charge >= 0.3 is 11.9 Å². The molecule has 1 aliphatic rings. The van der Waals surface area contributed by atoms with Gasteiger partial charge in [-0.1, -0.05) is 46.2 Å². The van der Waals surface area contributed by atoms with Gasteiger partial charge in [-0.05, 0) is 55.2 Å². The number of aliphatic hydroxyl groups is 1. The van der Waals surface area contributed by atoms with Crippen molar-refractivity contribution < 1.29 is 73.2 Å². The number of amides is 9. The largest absolute Gasteiger partial charge is 0.508 e. The molecule has 1 saturated heterocycles. The summed E-state index contributed by atoms with van der Waals surface area (Å²) >= 11 is 0. The van der Waals surface area contributed by atoms with Gasteiger partial charge in [-0.2, -0.15) is 0 Å². The average molecular weight is 949 g/mol. The van der Waals surface area contributed by atoms with Gasteiger partial charge in [0.1, 0.15) is 54.1 Å². The van der Waals surface area contributed by atoms with Gasteiger partial charge in [0, 0.05) is 25.8 Å². The molecule has 1 heterocycles. The summed E-state index contributed by atoms with van der Waals surface area (Å²) in [6.45, 7) is 5.75. The Balaban J connectivity index is 2.44. The minimum absolute atomic E-state index is 0.0000513. The number of primary amides is 2. The van der Waals surface area contributed by atoms with Crippen LogP contribution in [0, 0.1) is 11.8 Å². The third-order valence-electron chi connectivity index (χ3n) is 11.0. The minimum Gasteiger partial charge on any atom is -0.508 e. The molecule has 0 aromatic heterocycles. The van der Waals surface area contributed by atoms with E-state index < -0.39 is 158 Å². The SMILES string of the molecule is CC[C@H](C)[C@H](NC(=O)[C@@H]1CCCN1C(=O)[C@H](Cc1ccc(O)cc1)NC(=O)[C@H](CC(N)=O)NC(=O)[C@H](CCC(N)=O)NC(=O)[C@@H](N)CO)C(=O)N[C@H](C(=O)N[C@@H](CCC(=O)O)C(=O)O)C(C)C. The Morgan fingerprint density at radius 2 is 1.25 bits per heavy atom. The zero-order chi connectivity index (χ0) is 50.7. The highest BCUT2D eigenvalue weighted by molar-refractivity contribution is 5.99. The first kappa shape index (κ1) is 56.2. The zero-order valence-electron chi connectivity index (χ0n) is 37.8. The van der Waals surface area contributed by atoms with Gasteiger partial charge in [-0.25, -0.2) is 4.79 Å². The fourth-order valence-corrected chi connectivity index (χ4v) is 6.96. The first-order valence-corrected chi connectivity index (χ1v) is 21.7. The summed E-state index contributed by atoms with van der Waals surface area (Å²) in [6.07, 6.45) is -2.10. The summed E-state index contributed by atoms with van der Waals surface area (Å²) < 4.78 is 0. The molecule has 1 fully saturated rings. The Hall–Kier alpha value is -6.89. The number of nitrogens with two attached hydrogens (primary N) is 3. The number of carbonyl (C=O) groups excluding carboxylic acids is 9. The number of likely N-dealkylation sites (tertiary alicyclic amines) is 1. The van der Waals surface area contributed by atoms with Crippen LogP contribution in [0.1, 0.15) is 84.6 Å². The molecule has 9 atom stereocenters. The Morgan fingerprint density at radius 1 is 0.701 bits per heavy atom. The summed E-state index contributed by atoms with van der Waals surface area (Å²) in [5.74, 6) is -12.4. The molecule has 0 saturated carbocycles. The number of aliphatic hydroxyl groups excluding tert-OH is 1. The lowest BCUT2D eigenvalue weighted by molar-refractivity contribution is -0.144. The van der Waals surface area contributed by atoms with E-state index in [9.17, 15) is 68.1 Å². The van der Waals surface area contributed by atoms with Crippen LogP contribution in [-0.4, -0.2) is 152 Å². The summed E-state index contributed by atoms with van der Waals surface area (Å²) in [5.41, 5.74) is 16.6. The highest BCUT2D eigenvalue weighted by Gasteiger charge is 2.41. The third-order valence-corrected chi connectivity index (χ3v) is 11.0. The maximum Gasteiger partial charge on any atom is 0.326 e. The van der Waals surface area contributed by atoms with E-state index in [0.717, 1.165) is 0 Å². The number of carbonyl (C=O) groups is 11. The molecular weight excluding hydrogens is 885 g/mol. The molecule has 0 radical (unpaired) electrons. The van der Waals surface area contributed by atoms with Crippen molar-refractivity contribution in [2.75, 3.05) is 13.2 Å². The molecule has 372 valence electrons. The van der Waals surface area contributed by atoms with Crippen LogP contribution in [0.2, 0.25) is 0 Å². The van der Waals surface area contributed by atoms with Crippen LogP contribution >= 0.6 is 0 Å². The fraction of sp³-hybridized carbons (Fsp3) is 0.595. The molecule has 0 bridgehead atoms. The summed E-state index contributed by atoms with van der Waals surface area (Å²) in [4.78, 5) is 143. The van der Waals surface area contributed by atoms with Crippen LogP contribution < -0.4 is 49.1 Å². The number of carboxylic acids is 2. The van der Waals surface area contributed by atoms with Crippen LogP contribution in [0.25, 0.3) is 0 Å². The number of aromatic hydroxyl groups is 1. The molecule has 25 heteroatoms. The molecule has 1 aliphatic heterocycles. The maximum absolute atomic E-state index is 14.5. The minimum atomic E-state index is -1.77. The summed E-state index contributed by atoms with van der Waals surface area (Å²) in [7, 11) is 0. The van der Waals surface area contributed by atoms with Crippen molar-refractivity contribution in [3.63, 3.8) is 0 Å². The van der Waals surface area contributed by atoms with E-state index in [2.05, 4.69) is 31.9 Å². The van der Waals surface area contributed by atoms with Gasteiger partial charge in [0.2, 0.25) is 53.2 Å². The van der Waals surface area contributed by atoms with Gasteiger partial charge in [-0.3, -0.25) is 47.9 Å². The van der Waals surface area contributed by atoms with Gasteiger partial charge in [-0.15, -0.1) is 0 Å². The quantitative estimate of drug-likeness (QED) is 0.0380. The van der Waals surface area contributed by atoms with Crippen molar-refractivity contribution in [2.45, 2.75) is 134 Å². The Kier molecular flexibility index (Phi) is 22.6. The lowest BCUT2D eigenvalue weighted by Crippen LogP contribution is -2.61. The van der Waals surface area contributed by atoms with Crippen LogP contribution in [-0.2, 0) is 59.2 Å². The summed E-state index contributed by atoms with van der Waals surface area (Å²) in [6, 6.07) is -6.12. The normalized spacial score (nSPS) is 16.9. The maximum atomic E-state index is 14.5. The van der Waals surface area contributed by atoms with Crippen molar-refractivity contribution in [3.8, 4) is 5.75 Å². The predicted octanol–water partition coefficient (Wildman–Crippen LogP) is -4.05. The molecule has 25 nitrogen and oxygen atoms in total. The van der Waals surface area contributed by atoms with Crippen molar-refractivity contribution in [3.05, 3.63) is 29.8 Å². The third kappa shape index (κ3) is 18.1. The van der Waals surface area contributed by atoms with Crippen molar-refractivity contribution in [2.24, 2.45) is 29.0 Å². The summed E-state index contributed by atoms with van der Waals surface area (Å²) in [5, 5.41) is 52.4. The monoisotopic (exact) mass is 948 g/mol. The van der Waals surface area contributed by atoms with Crippen molar-refractivity contribution in [1.29, 1.82) is 0 Å². The van der Waals surface area contributed by atoms with Gasteiger partial charge < -0.3 is 74.4 Å². The van der Waals surface area contributed by atoms with Gasteiger partial charge in [0.25, 0.3) is 0 Å². The number of hydrogen-bond donors (Lipinski definition) is 13. The first-order chi connectivity index (χ1) is 31.4. The highest BCUT2D eigenvalue weighted by atomic mass is 16.4. The molecule has 9 amide bonds. The van der Waals surface area contributed by atoms with E-state index in [4.69, 9.17) is 22.3 Å². The Bertz CT molecular complexity index is 1970. The molecule has 67 heavy (non-hydrogen) atoms. The number of aliphatic carboxylic acids is 2. The van der Waals surface area contributed by atoms with Crippen LogP contribution in [0.15, 0.2) is 24.3 Å². The molecule has 1 aromatic rings. The second-order valence-corrected chi connectivity index (χ2v) is 16.6. The first-order valence-electron chi connectivity index (χ1n) is 21.7. The molecular formula is C42H64N10O15. The average Bonchev–Trinajstić information content (AvgIpc) is 3.76. The molecule has 0 aliphatic carbocycles. The van der Waals surface area contributed by atoms with E-state index in [0.29, 0.717) is 18.4 Å². The second-order valence-electron chi connectivity index (χ2n) is 16.6. The van der Waals surface area contributed by atoms with Gasteiger partial charge in [0.15, 0.2) is 0 Å². The fourth-order valence-electron chi connectivity index (χ4n) is 6.96.